The summed E-state index contributed by atoms with van der Waals surface area (Å²) in [5.41, 5.74) is 1.14. The van der Waals surface area contributed by atoms with Gasteiger partial charge in [-0.05, 0) is 29.3 Å². The van der Waals surface area contributed by atoms with Gasteiger partial charge in [0.1, 0.15) is 0 Å². The molecule has 0 saturated heterocycles. The van der Waals surface area contributed by atoms with Gasteiger partial charge in [-0.15, -0.1) is 0 Å². The van der Waals surface area contributed by atoms with E-state index in [1.165, 1.54) is 12.3 Å². The Bertz CT molecular complexity index is 635. The summed E-state index contributed by atoms with van der Waals surface area (Å²) in [4.78, 5) is 24.4. The number of aromatic amines is 1. The SMILES string of the molecule is O=Cc1cc(-c2ccc(Cl)c(Cl)c2)c[nH]c1=O. The molecule has 86 valence electrons. The molecule has 1 aromatic carbocycles. The number of rotatable bonds is 2. The van der Waals surface area contributed by atoms with Gasteiger partial charge in [0.2, 0.25) is 0 Å². The van der Waals surface area contributed by atoms with Crippen molar-refractivity contribution >= 4 is 29.5 Å². The first-order valence-electron chi connectivity index (χ1n) is 4.75. The quantitative estimate of drug-likeness (QED) is 0.850. The van der Waals surface area contributed by atoms with Gasteiger partial charge in [-0.2, -0.15) is 0 Å². The fourth-order valence-electron chi connectivity index (χ4n) is 1.43. The Morgan fingerprint density at radius 2 is 1.82 bits per heavy atom. The Kier molecular flexibility index (Phi) is 3.31. The molecule has 0 fully saturated rings. The Hall–Kier alpha value is -1.58. The van der Waals surface area contributed by atoms with Crippen LogP contribution in [0.3, 0.4) is 0 Å². The lowest BCUT2D eigenvalue weighted by Crippen LogP contribution is -2.10. The third kappa shape index (κ3) is 2.40. The third-order valence-corrected chi connectivity index (χ3v) is 3.05. The van der Waals surface area contributed by atoms with Crippen LogP contribution in [0.15, 0.2) is 35.3 Å². The summed E-state index contributed by atoms with van der Waals surface area (Å²) in [6, 6.07) is 6.60. The summed E-state index contributed by atoms with van der Waals surface area (Å²) in [6.07, 6.45) is 2.04. The van der Waals surface area contributed by atoms with Crippen LogP contribution in [0.4, 0.5) is 0 Å². The van der Waals surface area contributed by atoms with Gasteiger partial charge in [-0.25, -0.2) is 0 Å². The number of nitrogens with one attached hydrogen (secondary N) is 1. The molecule has 3 nitrogen and oxygen atoms in total. The van der Waals surface area contributed by atoms with Crippen LogP contribution in [0.25, 0.3) is 11.1 Å². The number of halogens is 2. The van der Waals surface area contributed by atoms with Crippen LogP contribution >= 0.6 is 23.2 Å². The summed E-state index contributed by atoms with van der Waals surface area (Å²) in [5, 5.41) is 0.874. The molecule has 0 amide bonds. The van der Waals surface area contributed by atoms with Crippen LogP contribution in [-0.2, 0) is 0 Å². The van der Waals surface area contributed by atoms with Crippen LogP contribution in [0.1, 0.15) is 10.4 Å². The Balaban J connectivity index is 2.56. The van der Waals surface area contributed by atoms with E-state index >= 15 is 0 Å². The van der Waals surface area contributed by atoms with E-state index < -0.39 is 5.56 Å². The number of benzene rings is 1. The zero-order valence-electron chi connectivity index (χ0n) is 8.54. The maximum Gasteiger partial charge on any atom is 0.258 e. The van der Waals surface area contributed by atoms with E-state index in [1.54, 1.807) is 18.2 Å². The van der Waals surface area contributed by atoms with Gasteiger partial charge >= 0.3 is 0 Å². The topological polar surface area (TPSA) is 49.9 Å². The summed E-state index contributed by atoms with van der Waals surface area (Å²) < 4.78 is 0. The van der Waals surface area contributed by atoms with Crippen molar-refractivity contribution in [2.75, 3.05) is 0 Å². The lowest BCUT2D eigenvalue weighted by atomic mass is 10.1. The highest BCUT2D eigenvalue weighted by molar-refractivity contribution is 6.42. The predicted molar refractivity (Wildman–Crippen MR) is 67.9 cm³/mol. The number of pyridine rings is 1. The summed E-state index contributed by atoms with van der Waals surface area (Å²) >= 11 is 11.7. The predicted octanol–water partition coefficient (Wildman–Crippen LogP) is 3.16. The maximum atomic E-state index is 11.2. The van der Waals surface area contributed by atoms with Crippen LogP contribution in [0, 0.1) is 0 Å². The standard InChI is InChI=1S/C12H7Cl2NO2/c13-10-2-1-7(4-11(10)14)8-3-9(6-16)12(17)15-5-8/h1-6H,(H,15,17). The highest BCUT2D eigenvalue weighted by Gasteiger charge is 2.05. The zero-order valence-corrected chi connectivity index (χ0v) is 10.0. The zero-order chi connectivity index (χ0) is 12.4. The van der Waals surface area contributed by atoms with Crippen LogP contribution in [0.2, 0.25) is 10.0 Å². The van der Waals surface area contributed by atoms with E-state index in [-0.39, 0.29) is 5.56 Å². The van der Waals surface area contributed by atoms with E-state index in [0.29, 0.717) is 21.9 Å². The molecule has 0 aliphatic carbocycles. The van der Waals surface area contributed by atoms with Crippen LogP contribution in [0.5, 0.6) is 0 Å². The Labute approximate surface area is 107 Å². The van der Waals surface area contributed by atoms with Gasteiger partial charge in [0.15, 0.2) is 6.29 Å². The number of H-pyrrole nitrogens is 1. The van der Waals surface area contributed by atoms with Crippen molar-refractivity contribution in [3.8, 4) is 11.1 Å². The maximum absolute atomic E-state index is 11.2. The minimum Gasteiger partial charge on any atom is -0.328 e. The first kappa shape index (κ1) is 11.9. The molecule has 0 radical (unpaired) electrons. The molecule has 1 N–H and O–H groups in total. The van der Waals surface area contributed by atoms with Crippen molar-refractivity contribution in [1.29, 1.82) is 0 Å². The second-order valence-electron chi connectivity index (χ2n) is 3.42. The normalized spacial score (nSPS) is 10.2. The number of hydrogen-bond acceptors (Lipinski definition) is 2. The smallest absolute Gasteiger partial charge is 0.258 e. The molecule has 2 rings (SSSR count). The largest absolute Gasteiger partial charge is 0.328 e. The molecule has 0 spiro atoms. The van der Waals surface area contributed by atoms with Crippen molar-refractivity contribution in [2.24, 2.45) is 0 Å². The molecule has 1 heterocycles. The molecule has 0 atom stereocenters. The minimum atomic E-state index is -0.413. The van der Waals surface area contributed by atoms with Gasteiger partial charge in [0.25, 0.3) is 5.56 Å². The van der Waals surface area contributed by atoms with E-state index in [1.807, 2.05) is 0 Å². The molecule has 0 bridgehead atoms. The summed E-state index contributed by atoms with van der Waals surface area (Å²) in [6.45, 7) is 0. The van der Waals surface area contributed by atoms with Crippen molar-refractivity contribution in [1.82, 2.24) is 4.98 Å². The fraction of sp³-hybridized carbons (Fsp3) is 0. The van der Waals surface area contributed by atoms with Gasteiger partial charge in [0.05, 0.1) is 15.6 Å². The van der Waals surface area contributed by atoms with Gasteiger partial charge in [-0.3, -0.25) is 9.59 Å². The van der Waals surface area contributed by atoms with E-state index in [4.69, 9.17) is 23.2 Å². The van der Waals surface area contributed by atoms with Crippen molar-refractivity contribution in [2.45, 2.75) is 0 Å². The lowest BCUT2D eigenvalue weighted by Gasteiger charge is -2.03. The molecule has 0 saturated carbocycles. The van der Waals surface area contributed by atoms with Crippen molar-refractivity contribution in [3.63, 3.8) is 0 Å². The van der Waals surface area contributed by atoms with Crippen molar-refractivity contribution in [3.05, 3.63) is 56.4 Å². The molecule has 5 heteroatoms. The minimum absolute atomic E-state index is 0.0774. The number of hydrogen-bond donors (Lipinski definition) is 1. The average Bonchev–Trinajstić information content (AvgIpc) is 2.33. The Morgan fingerprint density at radius 1 is 1.06 bits per heavy atom. The highest BCUT2D eigenvalue weighted by Crippen LogP contribution is 2.27. The fourth-order valence-corrected chi connectivity index (χ4v) is 1.73. The van der Waals surface area contributed by atoms with Crippen LogP contribution in [-0.4, -0.2) is 11.3 Å². The highest BCUT2D eigenvalue weighted by atomic mass is 35.5. The summed E-state index contributed by atoms with van der Waals surface area (Å²) in [7, 11) is 0. The van der Waals surface area contributed by atoms with E-state index in [2.05, 4.69) is 4.98 Å². The lowest BCUT2D eigenvalue weighted by molar-refractivity contribution is 0.112. The van der Waals surface area contributed by atoms with Crippen molar-refractivity contribution < 1.29 is 4.79 Å². The molecule has 0 aliphatic rings. The molecule has 0 aliphatic heterocycles. The molecule has 2 aromatic rings. The second kappa shape index (κ2) is 4.73. The van der Waals surface area contributed by atoms with Gasteiger partial charge < -0.3 is 4.98 Å². The van der Waals surface area contributed by atoms with E-state index in [0.717, 1.165) is 5.56 Å². The molecular weight excluding hydrogens is 261 g/mol. The number of aldehydes is 1. The van der Waals surface area contributed by atoms with Gasteiger partial charge in [0, 0.05) is 6.20 Å². The van der Waals surface area contributed by atoms with E-state index in [9.17, 15) is 9.59 Å². The number of aromatic nitrogens is 1. The molecule has 17 heavy (non-hydrogen) atoms. The molecular formula is C12H7Cl2NO2. The monoisotopic (exact) mass is 267 g/mol. The molecule has 1 aromatic heterocycles. The first-order chi connectivity index (χ1) is 8.11. The average molecular weight is 268 g/mol. The van der Waals surface area contributed by atoms with Gasteiger partial charge in [-0.1, -0.05) is 29.3 Å². The van der Waals surface area contributed by atoms with Crippen LogP contribution < -0.4 is 5.56 Å². The number of carbonyl (C=O) groups excluding carboxylic acids is 1. The second-order valence-corrected chi connectivity index (χ2v) is 4.23. The summed E-state index contributed by atoms with van der Waals surface area (Å²) in [5.74, 6) is 0. The Morgan fingerprint density at radius 3 is 2.47 bits per heavy atom. The third-order valence-electron chi connectivity index (χ3n) is 2.31. The molecule has 0 unspecified atom stereocenters. The first-order valence-corrected chi connectivity index (χ1v) is 5.51. The number of carbonyl (C=O) groups is 1.